The first-order valence-corrected chi connectivity index (χ1v) is 14.9. The summed E-state index contributed by atoms with van der Waals surface area (Å²) >= 11 is 6.59. The predicted octanol–water partition coefficient (Wildman–Crippen LogP) is 4.97. The summed E-state index contributed by atoms with van der Waals surface area (Å²) in [5.41, 5.74) is 8.23. The molecule has 40 heavy (non-hydrogen) atoms. The van der Waals surface area contributed by atoms with Gasteiger partial charge in [-0.3, -0.25) is 0 Å². The van der Waals surface area contributed by atoms with Crippen LogP contribution in [0, 0.1) is 0 Å². The SMILES string of the molecule is CCN.CCN(CC(C)NC)c1nc(OC)nc2c1CCN(c1cccc3cccc(Cl)c13)C2.CN1CCCC1. The molecule has 3 N–H and O–H groups in total. The number of fused-ring (bicyclic) bond motifs is 2. The summed E-state index contributed by atoms with van der Waals surface area (Å²) in [4.78, 5) is 16.5. The fraction of sp³-hybridized carbons (Fsp3) is 0.548. The summed E-state index contributed by atoms with van der Waals surface area (Å²) in [6.07, 6.45) is 3.70. The average molecular weight is 570 g/mol. The highest BCUT2D eigenvalue weighted by molar-refractivity contribution is 6.36. The highest BCUT2D eigenvalue weighted by Crippen LogP contribution is 2.36. The molecule has 2 aliphatic rings. The topological polar surface area (TPSA) is 82.8 Å². The molecule has 0 bridgehead atoms. The van der Waals surface area contributed by atoms with Crippen LogP contribution in [0.15, 0.2) is 36.4 Å². The van der Waals surface area contributed by atoms with Crippen LogP contribution in [-0.2, 0) is 13.0 Å². The van der Waals surface area contributed by atoms with Crippen LogP contribution in [0.4, 0.5) is 11.5 Å². The summed E-state index contributed by atoms with van der Waals surface area (Å²) in [5.74, 6) is 0.988. The molecule has 0 amide bonds. The van der Waals surface area contributed by atoms with Gasteiger partial charge in [0.15, 0.2) is 0 Å². The van der Waals surface area contributed by atoms with E-state index in [1.54, 1.807) is 7.11 Å². The molecule has 1 fully saturated rings. The number of likely N-dealkylation sites (N-methyl/N-ethyl adjacent to an activating group) is 2. The molecule has 0 spiro atoms. The van der Waals surface area contributed by atoms with Crippen molar-refractivity contribution in [2.45, 2.75) is 52.6 Å². The van der Waals surface area contributed by atoms with Crippen LogP contribution < -0.4 is 25.6 Å². The van der Waals surface area contributed by atoms with Gasteiger partial charge in [-0.1, -0.05) is 42.8 Å². The Bertz CT molecular complexity index is 1200. The van der Waals surface area contributed by atoms with Gasteiger partial charge in [-0.15, -0.1) is 0 Å². The van der Waals surface area contributed by atoms with E-state index in [4.69, 9.17) is 32.0 Å². The molecule has 1 aromatic heterocycles. The lowest BCUT2D eigenvalue weighted by Gasteiger charge is -2.34. The first-order chi connectivity index (χ1) is 19.4. The van der Waals surface area contributed by atoms with Gasteiger partial charge in [0.25, 0.3) is 0 Å². The molecule has 1 unspecified atom stereocenters. The summed E-state index contributed by atoms with van der Waals surface area (Å²) in [6.45, 7) is 13.0. The van der Waals surface area contributed by atoms with Crippen LogP contribution in [0.3, 0.4) is 0 Å². The van der Waals surface area contributed by atoms with E-state index in [9.17, 15) is 0 Å². The van der Waals surface area contributed by atoms with Gasteiger partial charge < -0.3 is 30.5 Å². The van der Waals surface area contributed by atoms with Gasteiger partial charge in [0.2, 0.25) is 0 Å². The van der Waals surface area contributed by atoms with Gasteiger partial charge in [-0.05, 0) is 84.4 Å². The van der Waals surface area contributed by atoms with E-state index >= 15 is 0 Å². The molecule has 0 saturated carbocycles. The van der Waals surface area contributed by atoms with Gasteiger partial charge in [-0.2, -0.15) is 9.97 Å². The van der Waals surface area contributed by atoms with E-state index in [-0.39, 0.29) is 0 Å². The molecule has 220 valence electrons. The number of methoxy groups -OCH3 is 1. The molecule has 5 rings (SSSR count). The van der Waals surface area contributed by atoms with E-state index in [0.29, 0.717) is 18.6 Å². The van der Waals surface area contributed by atoms with Crippen LogP contribution in [0.25, 0.3) is 10.8 Å². The van der Waals surface area contributed by atoms with Crippen molar-refractivity contribution in [1.29, 1.82) is 0 Å². The first-order valence-electron chi connectivity index (χ1n) is 14.5. The van der Waals surface area contributed by atoms with E-state index in [1.165, 1.54) is 31.5 Å². The molecular weight excluding hydrogens is 522 g/mol. The number of aromatic nitrogens is 2. The van der Waals surface area contributed by atoms with Crippen molar-refractivity contribution < 1.29 is 4.74 Å². The van der Waals surface area contributed by atoms with E-state index < -0.39 is 0 Å². The Morgan fingerprint density at radius 2 is 1.77 bits per heavy atom. The third kappa shape index (κ3) is 8.19. The molecule has 1 saturated heterocycles. The molecule has 3 heterocycles. The van der Waals surface area contributed by atoms with Crippen LogP contribution in [-0.4, -0.2) is 81.4 Å². The van der Waals surface area contributed by atoms with Crippen molar-refractivity contribution in [3.05, 3.63) is 52.7 Å². The second-order valence-electron chi connectivity index (χ2n) is 10.4. The fourth-order valence-corrected chi connectivity index (χ4v) is 5.43. The summed E-state index contributed by atoms with van der Waals surface area (Å²) in [7, 11) is 5.79. The standard InChI is InChI=1S/C24H30ClN5O.C5H11N.C2H7N/c1-5-29(14-16(2)26-3)23-18-12-13-30(15-20(18)27-24(28-23)31-4)21-11-7-9-17-8-6-10-19(25)22(17)21;1-6-4-2-3-5-6;1-2-3/h6-11,16,26H,5,12-15H2,1-4H3;2-5H2,1H3;2-3H2,1H3. The number of halogens is 1. The lowest BCUT2D eigenvalue weighted by molar-refractivity contribution is 0.376. The van der Waals surface area contributed by atoms with Gasteiger partial charge in [0.1, 0.15) is 5.82 Å². The Morgan fingerprint density at radius 1 is 1.10 bits per heavy atom. The van der Waals surface area contributed by atoms with Crippen LogP contribution in [0.5, 0.6) is 6.01 Å². The summed E-state index contributed by atoms with van der Waals surface area (Å²) < 4.78 is 5.47. The molecule has 9 heteroatoms. The number of hydrogen-bond donors (Lipinski definition) is 2. The Kier molecular flexibility index (Phi) is 12.7. The maximum atomic E-state index is 6.59. The minimum absolute atomic E-state index is 0.356. The maximum Gasteiger partial charge on any atom is 0.318 e. The Morgan fingerprint density at radius 3 is 2.35 bits per heavy atom. The number of anilines is 2. The number of nitrogens with two attached hydrogens (primary N) is 1. The molecule has 1 atom stereocenters. The number of ether oxygens (including phenoxy) is 1. The largest absolute Gasteiger partial charge is 0.467 e. The van der Waals surface area contributed by atoms with Crippen molar-refractivity contribution in [1.82, 2.24) is 20.2 Å². The number of likely N-dealkylation sites (tertiary alicyclic amines) is 1. The highest BCUT2D eigenvalue weighted by atomic mass is 35.5. The zero-order valence-corrected chi connectivity index (χ0v) is 26.0. The van der Waals surface area contributed by atoms with Gasteiger partial charge in [0.05, 0.1) is 24.4 Å². The molecule has 0 radical (unpaired) electrons. The van der Waals surface area contributed by atoms with Gasteiger partial charge >= 0.3 is 6.01 Å². The van der Waals surface area contributed by atoms with Crippen molar-refractivity contribution in [3.63, 3.8) is 0 Å². The van der Waals surface area contributed by atoms with E-state index in [2.05, 4.69) is 65.2 Å². The second-order valence-corrected chi connectivity index (χ2v) is 10.8. The molecule has 8 nitrogen and oxygen atoms in total. The van der Waals surface area contributed by atoms with Crippen LogP contribution >= 0.6 is 11.6 Å². The lowest BCUT2D eigenvalue weighted by atomic mass is 10.0. The Hall–Kier alpha value is -2.65. The van der Waals surface area contributed by atoms with Crippen molar-refractivity contribution >= 4 is 33.9 Å². The fourth-order valence-electron chi connectivity index (χ4n) is 5.15. The minimum atomic E-state index is 0.356. The van der Waals surface area contributed by atoms with Crippen LogP contribution in [0.1, 0.15) is 44.9 Å². The first kappa shape index (κ1) is 31.9. The number of nitrogens with one attached hydrogen (secondary N) is 1. The highest BCUT2D eigenvalue weighted by Gasteiger charge is 2.26. The minimum Gasteiger partial charge on any atom is -0.467 e. The third-order valence-electron chi connectivity index (χ3n) is 7.38. The molecule has 2 aromatic carbocycles. The quantitative estimate of drug-likeness (QED) is 0.413. The number of rotatable bonds is 7. The number of benzene rings is 2. The zero-order chi connectivity index (χ0) is 29.1. The van der Waals surface area contributed by atoms with Crippen molar-refractivity contribution in [3.8, 4) is 6.01 Å². The zero-order valence-electron chi connectivity index (χ0n) is 25.2. The number of nitrogens with zero attached hydrogens (tertiary/aromatic N) is 5. The lowest BCUT2D eigenvalue weighted by Crippen LogP contribution is -2.40. The van der Waals surface area contributed by atoms with Crippen molar-refractivity contribution in [2.75, 3.05) is 70.3 Å². The van der Waals surface area contributed by atoms with Gasteiger partial charge in [-0.25, -0.2) is 0 Å². The number of hydrogen-bond acceptors (Lipinski definition) is 8. The molecule has 3 aromatic rings. The third-order valence-corrected chi connectivity index (χ3v) is 7.69. The second kappa shape index (κ2) is 16.0. The normalized spacial score (nSPS) is 15.4. The maximum absolute atomic E-state index is 6.59. The van der Waals surface area contributed by atoms with Gasteiger partial charge in [0, 0.05) is 42.3 Å². The Balaban J connectivity index is 0.000000421. The smallest absolute Gasteiger partial charge is 0.318 e. The summed E-state index contributed by atoms with van der Waals surface area (Å²) in [6, 6.07) is 13.2. The van der Waals surface area contributed by atoms with Crippen LogP contribution in [0.2, 0.25) is 5.02 Å². The predicted molar refractivity (Wildman–Crippen MR) is 170 cm³/mol. The molecule has 0 aliphatic carbocycles. The average Bonchev–Trinajstić information content (AvgIpc) is 3.46. The van der Waals surface area contributed by atoms with E-state index in [1.807, 2.05) is 26.1 Å². The monoisotopic (exact) mass is 569 g/mol. The van der Waals surface area contributed by atoms with Crippen molar-refractivity contribution in [2.24, 2.45) is 5.73 Å². The molecular formula is C31H48ClN7O. The summed E-state index contributed by atoms with van der Waals surface area (Å²) in [5, 5.41) is 6.34. The van der Waals surface area contributed by atoms with E-state index in [0.717, 1.165) is 65.6 Å². The Labute approximate surface area is 245 Å². The molecule has 2 aliphatic heterocycles.